The molecule has 0 bridgehead atoms. The number of aliphatic hydroxyl groups is 1. The number of nitrogens with zero attached hydrogens (tertiary/aromatic N) is 1. The van der Waals surface area contributed by atoms with Crippen LogP contribution in [0.4, 0.5) is 5.69 Å². The number of rotatable bonds is 5. The van der Waals surface area contributed by atoms with Gasteiger partial charge in [0.05, 0.1) is 17.1 Å². The van der Waals surface area contributed by atoms with Crippen LogP contribution < -0.4 is 4.74 Å². The molecule has 2 aromatic carbocycles. The molecule has 1 N–H and O–H groups in total. The van der Waals surface area contributed by atoms with Crippen LogP contribution in [0.3, 0.4) is 0 Å². The Bertz CT molecular complexity index is 637. The van der Waals surface area contributed by atoms with Crippen LogP contribution in [0.15, 0.2) is 42.5 Å². The molecule has 0 aromatic heterocycles. The summed E-state index contributed by atoms with van der Waals surface area (Å²) in [6, 6.07) is 10.4. The molecular formula is C14H11NO5. The minimum absolute atomic E-state index is 0.0720. The van der Waals surface area contributed by atoms with Crippen molar-refractivity contribution in [3.8, 4) is 11.5 Å². The first-order valence-electron chi connectivity index (χ1n) is 5.75. The molecule has 6 heteroatoms. The fraction of sp³-hybridized carbons (Fsp3) is 0.0714. The van der Waals surface area contributed by atoms with Gasteiger partial charge in [0.15, 0.2) is 6.29 Å². The van der Waals surface area contributed by atoms with E-state index in [4.69, 9.17) is 9.84 Å². The number of non-ortho nitro benzene ring substituents is 1. The van der Waals surface area contributed by atoms with Gasteiger partial charge in [0.2, 0.25) is 0 Å². The number of carbonyl (C=O) groups is 1. The summed E-state index contributed by atoms with van der Waals surface area (Å²) in [6.45, 7) is -0.0720. The molecule has 0 amide bonds. The average Bonchev–Trinajstić information content (AvgIpc) is 2.48. The molecule has 0 saturated carbocycles. The fourth-order valence-electron chi connectivity index (χ4n) is 1.62. The Hall–Kier alpha value is -2.73. The van der Waals surface area contributed by atoms with E-state index in [1.165, 1.54) is 12.1 Å². The number of aliphatic hydroxyl groups excluding tert-OH is 1. The Labute approximate surface area is 114 Å². The summed E-state index contributed by atoms with van der Waals surface area (Å²) < 4.78 is 5.50. The van der Waals surface area contributed by atoms with Gasteiger partial charge >= 0.3 is 0 Å². The van der Waals surface area contributed by atoms with Crippen LogP contribution in [0.25, 0.3) is 0 Å². The van der Waals surface area contributed by atoms with Crippen molar-refractivity contribution in [3.05, 3.63) is 63.7 Å². The number of ether oxygens (including phenoxy) is 1. The molecule has 0 aliphatic carbocycles. The summed E-state index contributed by atoms with van der Waals surface area (Å²) in [5, 5.41) is 19.6. The highest BCUT2D eigenvalue weighted by Crippen LogP contribution is 2.27. The summed E-state index contributed by atoms with van der Waals surface area (Å²) in [7, 11) is 0. The van der Waals surface area contributed by atoms with Gasteiger partial charge in [-0.05, 0) is 23.8 Å². The Morgan fingerprint density at radius 1 is 1.20 bits per heavy atom. The van der Waals surface area contributed by atoms with Crippen molar-refractivity contribution in [3.63, 3.8) is 0 Å². The van der Waals surface area contributed by atoms with Crippen molar-refractivity contribution in [2.24, 2.45) is 0 Å². The largest absolute Gasteiger partial charge is 0.457 e. The summed E-state index contributed by atoms with van der Waals surface area (Å²) in [5.41, 5.74) is 0.664. The van der Waals surface area contributed by atoms with E-state index in [1.54, 1.807) is 24.3 Å². The molecule has 0 aliphatic heterocycles. The van der Waals surface area contributed by atoms with E-state index in [9.17, 15) is 14.9 Å². The molecule has 102 valence electrons. The van der Waals surface area contributed by atoms with Crippen molar-refractivity contribution in [2.75, 3.05) is 0 Å². The molecule has 0 unspecified atom stereocenters. The molecule has 2 aromatic rings. The summed E-state index contributed by atoms with van der Waals surface area (Å²) >= 11 is 0. The first-order chi connectivity index (χ1) is 9.63. The predicted molar refractivity (Wildman–Crippen MR) is 70.9 cm³/mol. The van der Waals surface area contributed by atoms with Crippen molar-refractivity contribution >= 4 is 12.0 Å². The Morgan fingerprint density at radius 2 is 1.90 bits per heavy atom. The number of aldehydes is 1. The zero-order valence-corrected chi connectivity index (χ0v) is 10.4. The second-order valence-corrected chi connectivity index (χ2v) is 4.00. The van der Waals surface area contributed by atoms with E-state index in [1.807, 2.05) is 0 Å². The predicted octanol–water partition coefficient (Wildman–Crippen LogP) is 2.69. The van der Waals surface area contributed by atoms with E-state index in [2.05, 4.69) is 0 Å². The van der Waals surface area contributed by atoms with E-state index >= 15 is 0 Å². The molecule has 20 heavy (non-hydrogen) atoms. The second-order valence-electron chi connectivity index (χ2n) is 4.00. The topological polar surface area (TPSA) is 89.7 Å². The Kier molecular flexibility index (Phi) is 4.07. The lowest BCUT2D eigenvalue weighted by Crippen LogP contribution is -1.94. The zero-order valence-electron chi connectivity index (χ0n) is 10.4. The number of benzene rings is 2. The lowest BCUT2D eigenvalue weighted by atomic mass is 10.2. The maximum atomic E-state index is 11.0. The zero-order chi connectivity index (χ0) is 14.5. The minimum atomic E-state index is -0.577. The van der Waals surface area contributed by atoms with Gasteiger partial charge in [-0.3, -0.25) is 14.9 Å². The lowest BCUT2D eigenvalue weighted by Gasteiger charge is -2.08. The third kappa shape index (κ3) is 2.99. The molecule has 0 atom stereocenters. The van der Waals surface area contributed by atoms with Gasteiger partial charge in [-0.2, -0.15) is 0 Å². The minimum Gasteiger partial charge on any atom is -0.457 e. The summed E-state index contributed by atoms with van der Waals surface area (Å²) in [6.07, 6.45) is 0.504. The molecule has 2 rings (SSSR count). The normalized spacial score (nSPS) is 10.1. The lowest BCUT2D eigenvalue weighted by molar-refractivity contribution is -0.384. The molecule has 0 aliphatic rings. The Morgan fingerprint density at radius 3 is 2.45 bits per heavy atom. The van der Waals surface area contributed by atoms with E-state index in [0.717, 1.165) is 11.6 Å². The van der Waals surface area contributed by atoms with Gasteiger partial charge in [-0.15, -0.1) is 0 Å². The fourth-order valence-corrected chi connectivity index (χ4v) is 1.62. The number of nitro benzene ring substituents is 1. The van der Waals surface area contributed by atoms with Crippen LogP contribution in [0.2, 0.25) is 0 Å². The van der Waals surface area contributed by atoms with Gasteiger partial charge in [-0.25, -0.2) is 0 Å². The van der Waals surface area contributed by atoms with Gasteiger partial charge < -0.3 is 9.84 Å². The van der Waals surface area contributed by atoms with E-state index < -0.39 is 4.92 Å². The average molecular weight is 273 g/mol. The smallest absolute Gasteiger partial charge is 0.270 e. The molecule has 0 fully saturated rings. The third-order valence-corrected chi connectivity index (χ3v) is 2.66. The summed E-state index contributed by atoms with van der Waals surface area (Å²) in [5.74, 6) is 0.710. The maximum Gasteiger partial charge on any atom is 0.270 e. The second kappa shape index (κ2) is 5.94. The third-order valence-electron chi connectivity index (χ3n) is 2.66. The van der Waals surface area contributed by atoms with Gasteiger partial charge in [0.1, 0.15) is 11.5 Å². The van der Waals surface area contributed by atoms with E-state index in [-0.39, 0.29) is 23.6 Å². The first-order valence-corrected chi connectivity index (χ1v) is 5.75. The standard InChI is InChI=1S/C14H11NO5/c16-8-10-1-4-13(5-2-10)20-14-6-3-12(15(18)19)7-11(14)9-17/h1-7,9,16H,8H2. The van der Waals surface area contributed by atoms with Crippen molar-refractivity contribution in [1.29, 1.82) is 0 Å². The van der Waals surface area contributed by atoms with Crippen LogP contribution in [-0.4, -0.2) is 16.3 Å². The first kappa shape index (κ1) is 13.7. The van der Waals surface area contributed by atoms with Gasteiger partial charge in [0, 0.05) is 12.1 Å². The molecule has 6 nitrogen and oxygen atoms in total. The summed E-state index contributed by atoms with van der Waals surface area (Å²) in [4.78, 5) is 21.0. The van der Waals surface area contributed by atoms with Gasteiger partial charge in [-0.1, -0.05) is 12.1 Å². The maximum absolute atomic E-state index is 11.0. The number of nitro groups is 1. The highest BCUT2D eigenvalue weighted by molar-refractivity contribution is 5.80. The molecule has 0 spiro atoms. The van der Waals surface area contributed by atoms with Crippen LogP contribution >= 0.6 is 0 Å². The van der Waals surface area contributed by atoms with Crippen molar-refractivity contribution in [2.45, 2.75) is 6.61 Å². The number of hydrogen-bond acceptors (Lipinski definition) is 5. The number of carbonyl (C=O) groups excluding carboxylic acids is 1. The highest BCUT2D eigenvalue weighted by Gasteiger charge is 2.11. The SMILES string of the molecule is O=Cc1cc([N+](=O)[O-])ccc1Oc1ccc(CO)cc1. The van der Waals surface area contributed by atoms with Crippen molar-refractivity contribution < 1.29 is 19.6 Å². The quantitative estimate of drug-likeness (QED) is 0.514. The molecule has 0 radical (unpaired) electrons. The Balaban J connectivity index is 2.27. The van der Waals surface area contributed by atoms with E-state index in [0.29, 0.717) is 12.0 Å². The van der Waals surface area contributed by atoms with Crippen LogP contribution in [0, 0.1) is 10.1 Å². The number of hydrogen-bond donors (Lipinski definition) is 1. The molecule has 0 heterocycles. The monoisotopic (exact) mass is 273 g/mol. The van der Waals surface area contributed by atoms with Gasteiger partial charge in [0.25, 0.3) is 5.69 Å². The van der Waals surface area contributed by atoms with Crippen LogP contribution in [0.1, 0.15) is 15.9 Å². The van der Waals surface area contributed by atoms with Crippen LogP contribution in [0.5, 0.6) is 11.5 Å². The van der Waals surface area contributed by atoms with Crippen LogP contribution in [-0.2, 0) is 6.61 Å². The molecular weight excluding hydrogens is 262 g/mol. The molecule has 0 saturated heterocycles. The van der Waals surface area contributed by atoms with Crippen molar-refractivity contribution in [1.82, 2.24) is 0 Å². The highest BCUT2D eigenvalue weighted by atomic mass is 16.6.